The number of carbonyl (C=O) groups is 3. The Hall–Kier alpha value is -2.11. The highest BCUT2D eigenvalue weighted by atomic mass is 16.4. The van der Waals surface area contributed by atoms with Gasteiger partial charge in [-0.05, 0) is 18.6 Å². The molecular formula is C13H22N2O8. The van der Waals surface area contributed by atoms with Gasteiger partial charge in [0.15, 0.2) is 6.29 Å². The zero-order chi connectivity index (χ0) is 18.4. The van der Waals surface area contributed by atoms with Crippen LogP contribution in [0.3, 0.4) is 0 Å². The van der Waals surface area contributed by atoms with Gasteiger partial charge in [0.25, 0.3) is 0 Å². The van der Waals surface area contributed by atoms with Crippen molar-refractivity contribution in [3.05, 3.63) is 24.3 Å². The molecule has 0 radical (unpaired) electrons. The smallest absolute Gasteiger partial charge is 0.241 e. The minimum atomic E-state index is -1.79. The highest BCUT2D eigenvalue weighted by molar-refractivity contribution is 5.86. The van der Waals surface area contributed by atoms with E-state index in [1.807, 2.05) is 0 Å². The molecule has 0 aliphatic rings. The van der Waals surface area contributed by atoms with E-state index in [-0.39, 0.29) is 6.29 Å². The standard InChI is InChI=1S/C7H10N2O2.C6H12O6/c8-6(10)4-2-1-3-5-7(9)11;7-1-3(9)5(11)6(12)4(10)2-8/h2-5H,1H2,(H2,8,10)(H2,9,11);1,3-6,8-12H,2H2. The molecule has 0 aliphatic carbocycles. The maximum absolute atomic E-state index is 10.1. The molecule has 0 aromatic rings. The van der Waals surface area contributed by atoms with Gasteiger partial charge in [0.05, 0.1) is 6.61 Å². The molecule has 0 saturated heterocycles. The van der Waals surface area contributed by atoms with Crippen LogP contribution < -0.4 is 11.5 Å². The van der Waals surface area contributed by atoms with Crippen LogP contribution in [0.5, 0.6) is 0 Å². The second kappa shape index (κ2) is 13.5. The third kappa shape index (κ3) is 13.3. The lowest BCUT2D eigenvalue weighted by Crippen LogP contribution is -2.46. The van der Waals surface area contributed by atoms with Crippen LogP contribution in [0.15, 0.2) is 24.3 Å². The molecule has 0 aromatic heterocycles. The number of aliphatic hydroxyl groups is 5. The zero-order valence-electron chi connectivity index (χ0n) is 12.2. The summed E-state index contributed by atoms with van der Waals surface area (Å²) in [5, 5.41) is 43.5. The fraction of sp³-hybridized carbons (Fsp3) is 0.462. The van der Waals surface area contributed by atoms with Crippen molar-refractivity contribution in [3.8, 4) is 0 Å². The van der Waals surface area contributed by atoms with Crippen LogP contribution in [-0.4, -0.2) is 74.7 Å². The van der Waals surface area contributed by atoms with Crippen molar-refractivity contribution in [2.24, 2.45) is 11.5 Å². The summed E-state index contributed by atoms with van der Waals surface area (Å²) in [6.07, 6.45) is -0.819. The van der Waals surface area contributed by atoms with Crippen LogP contribution in [0.1, 0.15) is 6.42 Å². The van der Waals surface area contributed by atoms with Gasteiger partial charge in [-0.2, -0.15) is 0 Å². The predicted molar refractivity (Wildman–Crippen MR) is 78.5 cm³/mol. The third-order valence-electron chi connectivity index (χ3n) is 2.26. The molecule has 10 heteroatoms. The Bertz CT molecular complexity index is 402. The summed E-state index contributed by atoms with van der Waals surface area (Å²) < 4.78 is 0. The number of nitrogens with two attached hydrogens (primary N) is 2. The fourth-order valence-electron chi connectivity index (χ4n) is 1.07. The molecule has 0 rings (SSSR count). The normalized spacial score (nSPS) is 16.2. The average Bonchev–Trinajstić information content (AvgIpc) is 2.51. The SMILES string of the molecule is NC(=O)C=CCC=CC(N)=O.O=CC(O)C(O)C(O)C(O)CO. The van der Waals surface area contributed by atoms with Gasteiger partial charge in [-0.3, -0.25) is 9.59 Å². The van der Waals surface area contributed by atoms with Gasteiger partial charge < -0.3 is 41.8 Å². The van der Waals surface area contributed by atoms with E-state index in [1.165, 1.54) is 12.2 Å². The number of rotatable bonds is 9. The number of primary amides is 2. The summed E-state index contributed by atoms with van der Waals surface area (Å²) in [5.74, 6) is -1.00. The minimum Gasteiger partial charge on any atom is -0.394 e. The largest absolute Gasteiger partial charge is 0.394 e. The van der Waals surface area contributed by atoms with Crippen molar-refractivity contribution in [1.82, 2.24) is 0 Å². The van der Waals surface area contributed by atoms with Crippen molar-refractivity contribution in [3.63, 3.8) is 0 Å². The van der Waals surface area contributed by atoms with Crippen LogP contribution in [-0.2, 0) is 14.4 Å². The maximum Gasteiger partial charge on any atom is 0.241 e. The van der Waals surface area contributed by atoms with E-state index in [4.69, 9.17) is 37.0 Å². The van der Waals surface area contributed by atoms with Gasteiger partial charge >= 0.3 is 0 Å². The zero-order valence-corrected chi connectivity index (χ0v) is 12.2. The molecule has 0 aliphatic heterocycles. The average molecular weight is 334 g/mol. The highest BCUT2D eigenvalue weighted by Gasteiger charge is 2.29. The summed E-state index contributed by atoms with van der Waals surface area (Å²) >= 11 is 0. The van der Waals surface area contributed by atoms with Gasteiger partial charge in [0.2, 0.25) is 11.8 Å². The summed E-state index contributed by atoms with van der Waals surface area (Å²) in [4.78, 5) is 30.1. The number of amides is 2. The van der Waals surface area contributed by atoms with Crippen molar-refractivity contribution in [2.75, 3.05) is 6.61 Å². The van der Waals surface area contributed by atoms with Crippen LogP contribution in [0.4, 0.5) is 0 Å². The van der Waals surface area contributed by atoms with Crippen LogP contribution in [0.2, 0.25) is 0 Å². The Kier molecular flexibility index (Phi) is 13.6. The molecule has 0 saturated carbocycles. The Morgan fingerprint density at radius 1 is 0.913 bits per heavy atom. The van der Waals surface area contributed by atoms with Crippen molar-refractivity contribution < 1.29 is 39.9 Å². The summed E-state index contributed by atoms with van der Waals surface area (Å²) in [7, 11) is 0. The lowest BCUT2D eigenvalue weighted by Gasteiger charge is -2.22. The lowest BCUT2D eigenvalue weighted by molar-refractivity contribution is -0.136. The van der Waals surface area contributed by atoms with E-state index in [0.29, 0.717) is 6.42 Å². The minimum absolute atomic E-state index is 0.0258. The van der Waals surface area contributed by atoms with Crippen LogP contribution in [0.25, 0.3) is 0 Å². The van der Waals surface area contributed by atoms with E-state index in [2.05, 4.69) is 0 Å². The molecule has 0 aromatic carbocycles. The first-order valence-corrected chi connectivity index (χ1v) is 6.37. The molecule has 132 valence electrons. The van der Waals surface area contributed by atoms with Gasteiger partial charge in [0, 0.05) is 0 Å². The Labute approximate surface area is 132 Å². The molecule has 0 heterocycles. The molecule has 2 amide bonds. The van der Waals surface area contributed by atoms with E-state index in [1.54, 1.807) is 12.2 Å². The first-order chi connectivity index (χ1) is 10.7. The van der Waals surface area contributed by atoms with Crippen molar-refractivity contribution in [2.45, 2.75) is 30.8 Å². The van der Waals surface area contributed by atoms with E-state index in [9.17, 15) is 14.4 Å². The number of allylic oxidation sites excluding steroid dienone is 2. The van der Waals surface area contributed by atoms with Gasteiger partial charge in [0.1, 0.15) is 24.4 Å². The molecule has 4 atom stereocenters. The van der Waals surface area contributed by atoms with Crippen molar-refractivity contribution >= 4 is 18.1 Å². The number of hydrogen-bond donors (Lipinski definition) is 7. The highest BCUT2D eigenvalue weighted by Crippen LogP contribution is 2.02. The Morgan fingerprint density at radius 3 is 1.65 bits per heavy atom. The van der Waals surface area contributed by atoms with E-state index in [0.717, 1.165) is 0 Å². The van der Waals surface area contributed by atoms with Gasteiger partial charge in [-0.25, -0.2) is 0 Å². The van der Waals surface area contributed by atoms with Crippen molar-refractivity contribution in [1.29, 1.82) is 0 Å². The van der Waals surface area contributed by atoms with Crippen LogP contribution in [0, 0.1) is 0 Å². The Morgan fingerprint density at radius 2 is 1.35 bits per heavy atom. The molecular weight excluding hydrogens is 312 g/mol. The first-order valence-electron chi connectivity index (χ1n) is 6.37. The summed E-state index contributed by atoms with van der Waals surface area (Å²) in [5.41, 5.74) is 9.59. The monoisotopic (exact) mass is 334 g/mol. The number of aliphatic hydroxyl groups excluding tert-OH is 5. The molecule has 0 fully saturated rings. The lowest BCUT2D eigenvalue weighted by atomic mass is 10.0. The predicted octanol–water partition coefficient (Wildman–Crippen LogP) is -3.92. The summed E-state index contributed by atoms with van der Waals surface area (Å²) in [6.45, 7) is -0.760. The molecule has 9 N–H and O–H groups in total. The van der Waals surface area contributed by atoms with Gasteiger partial charge in [-0.1, -0.05) is 12.2 Å². The fourth-order valence-corrected chi connectivity index (χ4v) is 1.07. The second-order valence-electron chi connectivity index (χ2n) is 4.20. The van der Waals surface area contributed by atoms with Crippen LogP contribution >= 0.6 is 0 Å². The van der Waals surface area contributed by atoms with E-state index >= 15 is 0 Å². The topological polar surface area (TPSA) is 204 Å². The maximum atomic E-state index is 10.1. The summed E-state index contributed by atoms with van der Waals surface area (Å²) in [6, 6.07) is 0. The Balaban J connectivity index is 0. The van der Waals surface area contributed by atoms with Gasteiger partial charge in [-0.15, -0.1) is 0 Å². The quantitative estimate of drug-likeness (QED) is 0.163. The molecule has 0 bridgehead atoms. The number of aldehydes is 1. The number of hydrogen-bond acceptors (Lipinski definition) is 8. The second-order valence-corrected chi connectivity index (χ2v) is 4.20. The third-order valence-corrected chi connectivity index (χ3v) is 2.26. The number of carbonyl (C=O) groups excluding carboxylic acids is 3. The molecule has 0 spiro atoms. The molecule has 10 nitrogen and oxygen atoms in total. The van der Waals surface area contributed by atoms with E-state index < -0.39 is 42.8 Å². The molecule has 4 unspecified atom stereocenters. The molecule has 23 heavy (non-hydrogen) atoms. The first kappa shape index (κ1) is 23.2.